The number of aryl methyl sites for hydroxylation is 2. The van der Waals surface area contributed by atoms with Crippen LogP contribution in [0.3, 0.4) is 0 Å². The molecule has 0 fully saturated rings. The predicted molar refractivity (Wildman–Crippen MR) is 98.1 cm³/mol. The number of anilines is 2. The van der Waals surface area contributed by atoms with Crippen LogP contribution in [0.25, 0.3) is 0 Å². The number of urea groups is 1. The highest BCUT2D eigenvalue weighted by Crippen LogP contribution is 2.35. The molecule has 0 saturated heterocycles. The summed E-state index contributed by atoms with van der Waals surface area (Å²) in [6.45, 7) is 6.77. The van der Waals surface area contributed by atoms with Crippen molar-refractivity contribution >= 4 is 17.4 Å². The van der Waals surface area contributed by atoms with Crippen LogP contribution in [0.1, 0.15) is 31.4 Å². The summed E-state index contributed by atoms with van der Waals surface area (Å²) in [5.41, 5.74) is 4.01. The van der Waals surface area contributed by atoms with Gasteiger partial charge in [0.1, 0.15) is 11.9 Å². The van der Waals surface area contributed by atoms with E-state index >= 15 is 0 Å². The number of amides is 2. The second-order valence-electron chi connectivity index (χ2n) is 6.21. The Morgan fingerprint density at radius 3 is 2.62 bits per heavy atom. The fourth-order valence-corrected chi connectivity index (χ4v) is 2.88. The minimum atomic E-state index is -0.118. The molecule has 2 aromatic carbocycles. The molecule has 0 bridgehead atoms. The van der Waals surface area contributed by atoms with E-state index in [1.165, 1.54) is 5.56 Å². The van der Waals surface area contributed by atoms with Gasteiger partial charge in [0.2, 0.25) is 0 Å². The number of nitrogens with one attached hydrogen (secondary N) is 1. The van der Waals surface area contributed by atoms with Crippen molar-refractivity contribution in [3.8, 4) is 5.75 Å². The molecule has 126 valence electrons. The van der Waals surface area contributed by atoms with Crippen LogP contribution in [0.4, 0.5) is 16.2 Å². The Balaban J connectivity index is 1.84. The molecule has 1 atom stereocenters. The van der Waals surface area contributed by atoms with E-state index in [0.717, 1.165) is 35.5 Å². The van der Waals surface area contributed by atoms with Gasteiger partial charge < -0.3 is 10.1 Å². The maximum atomic E-state index is 12.8. The minimum Gasteiger partial charge on any atom is -0.486 e. The molecule has 3 rings (SSSR count). The maximum Gasteiger partial charge on any atom is 0.326 e. The molecule has 0 aliphatic carbocycles. The third kappa shape index (κ3) is 3.37. The molecule has 0 spiro atoms. The number of nitrogens with zero attached hydrogens (tertiary/aromatic N) is 1. The Morgan fingerprint density at radius 1 is 1.21 bits per heavy atom. The number of carbonyl (C=O) groups excluding carboxylic acids is 1. The third-order valence-electron chi connectivity index (χ3n) is 4.40. The first-order valence-electron chi connectivity index (χ1n) is 8.55. The van der Waals surface area contributed by atoms with Crippen LogP contribution < -0.4 is 15.0 Å². The van der Waals surface area contributed by atoms with E-state index in [1.807, 2.05) is 49.4 Å². The normalized spacial score (nSPS) is 16.3. The fourth-order valence-electron chi connectivity index (χ4n) is 2.88. The first-order chi connectivity index (χ1) is 11.6. The van der Waals surface area contributed by atoms with Gasteiger partial charge in [-0.3, -0.25) is 4.90 Å². The number of carbonyl (C=O) groups is 1. The first kappa shape index (κ1) is 16.4. The van der Waals surface area contributed by atoms with Gasteiger partial charge in [0.15, 0.2) is 0 Å². The molecule has 0 radical (unpaired) electrons. The molecule has 1 heterocycles. The molecular formula is C20H24N2O2. The summed E-state index contributed by atoms with van der Waals surface area (Å²) in [6.07, 6.45) is 1.87. The molecule has 24 heavy (non-hydrogen) atoms. The van der Waals surface area contributed by atoms with Gasteiger partial charge in [-0.15, -0.1) is 0 Å². The van der Waals surface area contributed by atoms with Crippen LogP contribution >= 0.6 is 0 Å². The number of hydrogen-bond donors (Lipinski definition) is 1. The summed E-state index contributed by atoms with van der Waals surface area (Å²) in [5, 5.41) is 3.00. The van der Waals surface area contributed by atoms with Crippen LogP contribution in [0, 0.1) is 6.92 Å². The van der Waals surface area contributed by atoms with Gasteiger partial charge >= 0.3 is 6.03 Å². The van der Waals surface area contributed by atoms with Crippen molar-refractivity contribution in [2.45, 2.75) is 39.7 Å². The van der Waals surface area contributed by atoms with Gasteiger partial charge in [-0.25, -0.2) is 4.79 Å². The van der Waals surface area contributed by atoms with Gasteiger partial charge in [0, 0.05) is 5.69 Å². The Kier molecular flexibility index (Phi) is 4.74. The molecule has 1 aliphatic heterocycles. The van der Waals surface area contributed by atoms with Gasteiger partial charge in [-0.05, 0) is 55.2 Å². The molecule has 0 saturated carbocycles. The van der Waals surface area contributed by atoms with Crippen molar-refractivity contribution in [1.29, 1.82) is 0 Å². The lowest BCUT2D eigenvalue weighted by Crippen LogP contribution is -2.45. The quantitative estimate of drug-likeness (QED) is 0.884. The zero-order valence-corrected chi connectivity index (χ0v) is 14.5. The molecule has 0 aromatic heterocycles. The van der Waals surface area contributed by atoms with E-state index in [0.29, 0.717) is 6.54 Å². The second-order valence-corrected chi connectivity index (χ2v) is 6.21. The lowest BCUT2D eigenvalue weighted by molar-refractivity contribution is 0.188. The standard InChI is InChI=1S/C20H24N2O2/c1-4-15-7-9-16(10-8-15)21-20(23)22-13-17(5-2)24-19-11-6-14(3)12-18(19)22/h6-12,17H,4-5,13H2,1-3H3,(H,21,23)/t17-/m1/s1. The molecule has 4 nitrogen and oxygen atoms in total. The van der Waals surface area contributed by atoms with Crippen LogP contribution in [0.5, 0.6) is 5.75 Å². The highest BCUT2D eigenvalue weighted by molar-refractivity contribution is 6.03. The summed E-state index contributed by atoms with van der Waals surface area (Å²) in [7, 11) is 0. The Bertz CT molecular complexity index is 725. The lowest BCUT2D eigenvalue weighted by atomic mass is 10.1. The van der Waals surface area contributed by atoms with Gasteiger partial charge in [0.25, 0.3) is 0 Å². The van der Waals surface area contributed by atoms with E-state index in [-0.39, 0.29) is 12.1 Å². The van der Waals surface area contributed by atoms with Crippen LogP contribution in [-0.4, -0.2) is 18.7 Å². The van der Waals surface area contributed by atoms with Gasteiger partial charge in [0.05, 0.1) is 12.2 Å². The smallest absolute Gasteiger partial charge is 0.326 e. The van der Waals surface area contributed by atoms with Gasteiger partial charge in [-0.2, -0.15) is 0 Å². The average molecular weight is 324 g/mol. The summed E-state index contributed by atoms with van der Waals surface area (Å²) in [6, 6.07) is 13.8. The second kappa shape index (κ2) is 6.95. The predicted octanol–water partition coefficient (Wildman–Crippen LogP) is 4.77. The van der Waals surface area contributed by atoms with Crippen molar-refractivity contribution in [3.63, 3.8) is 0 Å². The zero-order valence-electron chi connectivity index (χ0n) is 14.5. The summed E-state index contributed by atoms with van der Waals surface area (Å²) in [5.74, 6) is 0.773. The monoisotopic (exact) mass is 324 g/mol. The van der Waals surface area contributed by atoms with Crippen LogP contribution in [-0.2, 0) is 6.42 Å². The summed E-state index contributed by atoms with van der Waals surface area (Å²) in [4.78, 5) is 14.6. The van der Waals surface area contributed by atoms with Crippen molar-refractivity contribution in [1.82, 2.24) is 0 Å². The molecule has 2 amide bonds. The highest BCUT2D eigenvalue weighted by atomic mass is 16.5. The van der Waals surface area contributed by atoms with Crippen molar-refractivity contribution in [2.75, 3.05) is 16.8 Å². The molecular weight excluding hydrogens is 300 g/mol. The fraction of sp³-hybridized carbons (Fsp3) is 0.350. The minimum absolute atomic E-state index is 0.0217. The van der Waals surface area contributed by atoms with Crippen LogP contribution in [0.2, 0.25) is 0 Å². The lowest BCUT2D eigenvalue weighted by Gasteiger charge is -2.34. The first-order valence-corrected chi connectivity index (χ1v) is 8.55. The molecule has 2 aromatic rings. The van der Waals surface area contributed by atoms with Crippen molar-refractivity contribution < 1.29 is 9.53 Å². The number of fused-ring (bicyclic) bond motifs is 1. The topological polar surface area (TPSA) is 41.6 Å². The largest absolute Gasteiger partial charge is 0.486 e. The van der Waals surface area contributed by atoms with E-state index in [2.05, 4.69) is 19.2 Å². The van der Waals surface area contributed by atoms with Gasteiger partial charge in [-0.1, -0.05) is 32.0 Å². The van der Waals surface area contributed by atoms with E-state index < -0.39 is 0 Å². The van der Waals surface area contributed by atoms with E-state index in [4.69, 9.17) is 4.74 Å². The zero-order chi connectivity index (χ0) is 17.1. The average Bonchev–Trinajstić information content (AvgIpc) is 2.61. The number of hydrogen-bond acceptors (Lipinski definition) is 2. The number of rotatable bonds is 3. The third-order valence-corrected chi connectivity index (χ3v) is 4.40. The molecule has 0 unspecified atom stereocenters. The van der Waals surface area contributed by atoms with Crippen molar-refractivity contribution in [3.05, 3.63) is 53.6 Å². The number of benzene rings is 2. The number of ether oxygens (including phenoxy) is 1. The van der Waals surface area contributed by atoms with E-state index in [9.17, 15) is 4.79 Å². The maximum absolute atomic E-state index is 12.8. The Hall–Kier alpha value is -2.49. The molecule has 4 heteroatoms. The highest BCUT2D eigenvalue weighted by Gasteiger charge is 2.29. The van der Waals surface area contributed by atoms with Crippen LogP contribution in [0.15, 0.2) is 42.5 Å². The Morgan fingerprint density at radius 2 is 1.96 bits per heavy atom. The summed E-state index contributed by atoms with van der Waals surface area (Å²) >= 11 is 0. The van der Waals surface area contributed by atoms with E-state index in [1.54, 1.807) is 4.90 Å². The SMILES string of the molecule is CCc1ccc(NC(=O)N2C[C@@H](CC)Oc3ccc(C)cc32)cc1. The molecule has 1 N–H and O–H groups in total. The molecule has 1 aliphatic rings. The van der Waals surface area contributed by atoms with Crippen molar-refractivity contribution in [2.24, 2.45) is 0 Å². The Labute approximate surface area is 143 Å². The summed E-state index contributed by atoms with van der Waals surface area (Å²) < 4.78 is 5.98.